The van der Waals surface area contributed by atoms with Gasteiger partial charge in [-0.05, 0) is 0 Å². The standard InChI is InChI=1S/C10H14N6O9P2/c11-8-5-9(13-2-12-8)16(3-14-5)10-7(18)6(17)4(25-10)1-24-27(22,23)15-26(19,20)21/h2-4,6-7,10,17-18H,1H2,(H4-2,11,12,13,19,20,21,22,23)/q-2/p-1/t4-,6-,7-,10-/m1/s1. The normalized spacial score (nSPS) is 28.4. The van der Waals surface area contributed by atoms with Crippen LogP contribution in [0, 0.1) is 0 Å². The molecule has 5 N–H and O–H groups in total. The molecule has 3 rings (SSSR count). The quantitative estimate of drug-likeness (QED) is 0.337. The van der Waals surface area contributed by atoms with Crippen molar-refractivity contribution in [1.82, 2.24) is 19.5 Å². The van der Waals surface area contributed by atoms with Gasteiger partial charge in [0.1, 0.15) is 30.2 Å². The fraction of sp³-hybridized carbons (Fsp3) is 0.500. The van der Waals surface area contributed by atoms with Gasteiger partial charge in [-0.1, -0.05) is 7.74 Å². The number of aliphatic hydroxyl groups is 2. The first-order valence-corrected chi connectivity index (χ1v) is 10.2. The van der Waals surface area contributed by atoms with Crippen molar-refractivity contribution in [3.63, 3.8) is 0 Å². The molecule has 17 heteroatoms. The molecule has 3 heterocycles. The van der Waals surface area contributed by atoms with Crippen molar-refractivity contribution in [2.45, 2.75) is 24.5 Å². The molecule has 27 heavy (non-hydrogen) atoms. The maximum absolute atomic E-state index is 11.4. The third-order valence-corrected chi connectivity index (χ3v) is 5.88. The van der Waals surface area contributed by atoms with E-state index in [-0.39, 0.29) is 17.0 Å². The van der Waals surface area contributed by atoms with Crippen LogP contribution in [0.5, 0.6) is 0 Å². The van der Waals surface area contributed by atoms with E-state index in [0.717, 1.165) is 6.33 Å². The zero-order chi connectivity index (χ0) is 20.0. The molecular formula is C10H13N6O9P2-3. The van der Waals surface area contributed by atoms with Gasteiger partial charge in [-0.25, -0.2) is 19.5 Å². The highest BCUT2D eigenvalue weighted by atomic mass is 31.2. The number of hydrogen-bond acceptors (Lipinski definition) is 12. The van der Waals surface area contributed by atoms with Crippen LogP contribution in [0.2, 0.25) is 0 Å². The SMILES string of the molecule is Nc1ncnc2c1ncn2[C@@H]1O[C@H](COP(=O)([O-])N=P([O-])([O-])O)[C@@H](O)[C@H]1O. The van der Waals surface area contributed by atoms with E-state index in [2.05, 4.69) is 24.0 Å². The number of fused-ring (bicyclic) bond motifs is 1. The largest absolute Gasteiger partial charge is 0.806 e. The van der Waals surface area contributed by atoms with Gasteiger partial charge >= 0.3 is 0 Å². The Morgan fingerprint density at radius 2 is 2.00 bits per heavy atom. The maximum Gasteiger partial charge on any atom is 0.249 e. The number of hydrogen-bond donors (Lipinski definition) is 4. The number of imidazole rings is 1. The van der Waals surface area contributed by atoms with Gasteiger partial charge in [0, 0.05) is 0 Å². The zero-order valence-corrected chi connectivity index (χ0v) is 15.0. The summed E-state index contributed by atoms with van der Waals surface area (Å²) < 4.78 is 24.5. The molecular weight excluding hydrogens is 410 g/mol. The summed E-state index contributed by atoms with van der Waals surface area (Å²) in [6.45, 7) is -0.872. The molecule has 150 valence electrons. The van der Waals surface area contributed by atoms with Crippen LogP contribution in [0.1, 0.15) is 6.23 Å². The van der Waals surface area contributed by atoms with Crippen molar-refractivity contribution in [1.29, 1.82) is 0 Å². The van der Waals surface area contributed by atoms with Crippen LogP contribution in [0.15, 0.2) is 17.2 Å². The molecule has 0 saturated carbocycles. The van der Waals surface area contributed by atoms with E-state index in [4.69, 9.17) is 15.4 Å². The van der Waals surface area contributed by atoms with Crippen molar-refractivity contribution >= 4 is 32.5 Å². The summed E-state index contributed by atoms with van der Waals surface area (Å²) in [5.74, 6) is 0.0756. The average Bonchev–Trinajstić information content (AvgIpc) is 3.07. The summed E-state index contributed by atoms with van der Waals surface area (Å²) in [4.78, 5) is 52.6. The monoisotopic (exact) mass is 423 g/mol. The molecule has 1 aliphatic rings. The van der Waals surface area contributed by atoms with E-state index < -0.39 is 46.6 Å². The van der Waals surface area contributed by atoms with Crippen LogP contribution in [-0.4, -0.2) is 59.5 Å². The van der Waals surface area contributed by atoms with Crippen LogP contribution in [0.25, 0.3) is 11.2 Å². The maximum atomic E-state index is 11.4. The first-order chi connectivity index (χ1) is 12.5. The first-order valence-electron chi connectivity index (χ1n) is 7.17. The smallest absolute Gasteiger partial charge is 0.249 e. The zero-order valence-electron chi connectivity index (χ0n) is 13.2. The Kier molecular flexibility index (Phi) is 5.35. The number of aliphatic hydroxyl groups excluding tert-OH is 2. The summed E-state index contributed by atoms with van der Waals surface area (Å²) in [5, 5.41) is 20.2. The number of nitrogens with two attached hydrogens (primary N) is 1. The lowest BCUT2D eigenvalue weighted by molar-refractivity contribution is -0.323. The second kappa shape index (κ2) is 7.14. The van der Waals surface area contributed by atoms with Gasteiger partial charge in [0.05, 0.1) is 12.9 Å². The van der Waals surface area contributed by atoms with E-state index in [9.17, 15) is 29.5 Å². The molecule has 0 aliphatic carbocycles. The Balaban J connectivity index is 1.78. The summed E-state index contributed by atoms with van der Waals surface area (Å²) in [6, 6.07) is 0. The predicted octanol–water partition coefficient (Wildman–Crippen LogP) is -3.83. The van der Waals surface area contributed by atoms with Crippen molar-refractivity contribution in [3.8, 4) is 0 Å². The van der Waals surface area contributed by atoms with Crippen molar-refractivity contribution in [3.05, 3.63) is 12.7 Å². The molecule has 0 bridgehead atoms. The van der Waals surface area contributed by atoms with Gasteiger partial charge in [-0.15, -0.1) is 0 Å². The Hall–Kier alpha value is -1.51. The molecule has 1 unspecified atom stereocenters. The summed E-state index contributed by atoms with van der Waals surface area (Å²) >= 11 is 0. The van der Waals surface area contributed by atoms with Gasteiger partial charge in [0.15, 0.2) is 17.7 Å². The molecule has 0 aromatic carbocycles. The van der Waals surface area contributed by atoms with Crippen LogP contribution in [-0.2, 0) is 13.8 Å². The number of nitrogen functional groups attached to an aromatic ring is 1. The van der Waals surface area contributed by atoms with Gasteiger partial charge in [-0.3, -0.25) is 9.13 Å². The molecule has 0 amide bonds. The lowest BCUT2D eigenvalue weighted by Crippen LogP contribution is -2.34. The van der Waals surface area contributed by atoms with Gasteiger partial charge < -0.3 is 44.8 Å². The summed E-state index contributed by atoms with van der Waals surface area (Å²) in [6.07, 6.45) is -3.34. The summed E-state index contributed by atoms with van der Waals surface area (Å²) in [7, 11) is -10.8. The van der Waals surface area contributed by atoms with Crippen molar-refractivity contribution < 1.29 is 43.6 Å². The molecule has 2 aromatic heterocycles. The number of aromatic nitrogens is 4. The predicted molar refractivity (Wildman–Crippen MR) is 80.8 cm³/mol. The van der Waals surface area contributed by atoms with E-state index in [1.165, 1.54) is 10.9 Å². The lowest BCUT2D eigenvalue weighted by atomic mass is 10.1. The third-order valence-electron chi connectivity index (χ3n) is 3.62. The fourth-order valence-electron chi connectivity index (χ4n) is 2.48. The van der Waals surface area contributed by atoms with Gasteiger partial charge in [0.25, 0.3) is 0 Å². The molecule has 2 aromatic rings. The second-order valence-corrected chi connectivity index (χ2v) is 8.37. The van der Waals surface area contributed by atoms with Crippen LogP contribution in [0.3, 0.4) is 0 Å². The molecule has 0 radical (unpaired) electrons. The first kappa shape index (κ1) is 20.2. The number of nitrogens with zero attached hydrogens (tertiary/aromatic N) is 5. The van der Waals surface area contributed by atoms with Gasteiger partial charge in [0.2, 0.25) is 7.75 Å². The topological polar surface area (TPSA) is 247 Å². The van der Waals surface area contributed by atoms with E-state index in [1.807, 2.05) is 0 Å². The molecule has 1 saturated heterocycles. The highest BCUT2D eigenvalue weighted by molar-refractivity contribution is 7.59. The summed E-state index contributed by atoms with van der Waals surface area (Å²) in [5.41, 5.74) is 6.07. The molecule has 5 atom stereocenters. The van der Waals surface area contributed by atoms with E-state index in [0.29, 0.717) is 0 Å². The highest BCUT2D eigenvalue weighted by Crippen LogP contribution is 2.47. The highest BCUT2D eigenvalue weighted by Gasteiger charge is 2.44. The lowest BCUT2D eigenvalue weighted by Gasteiger charge is -2.34. The minimum Gasteiger partial charge on any atom is -0.806 e. The number of ether oxygens (including phenoxy) is 1. The number of anilines is 1. The number of rotatable bonds is 5. The molecule has 1 aliphatic heterocycles. The molecule has 0 spiro atoms. The van der Waals surface area contributed by atoms with E-state index >= 15 is 0 Å². The minimum absolute atomic E-state index is 0.0756. The Morgan fingerprint density at radius 3 is 2.67 bits per heavy atom. The third kappa shape index (κ3) is 4.33. The molecule has 15 nitrogen and oxygen atoms in total. The molecule has 1 fully saturated rings. The van der Waals surface area contributed by atoms with Crippen LogP contribution < -0.4 is 20.4 Å². The minimum atomic E-state index is -5.48. The van der Waals surface area contributed by atoms with Crippen molar-refractivity contribution in [2.24, 2.45) is 4.52 Å². The Morgan fingerprint density at radius 1 is 1.30 bits per heavy atom. The van der Waals surface area contributed by atoms with Crippen molar-refractivity contribution in [2.75, 3.05) is 12.3 Å². The van der Waals surface area contributed by atoms with Crippen LogP contribution in [0.4, 0.5) is 5.82 Å². The Labute approximate surface area is 150 Å². The Bertz CT molecular complexity index is 938. The van der Waals surface area contributed by atoms with E-state index in [1.54, 1.807) is 0 Å². The van der Waals surface area contributed by atoms with Crippen LogP contribution >= 0.6 is 15.5 Å². The fourth-order valence-corrected chi connectivity index (χ4v) is 4.13. The average molecular weight is 423 g/mol. The second-order valence-electron chi connectivity index (χ2n) is 5.47. The van der Waals surface area contributed by atoms with Gasteiger partial charge in [-0.2, -0.15) is 0 Å².